The normalized spacial score (nSPS) is 13.2. The van der Waals surface area contributed by atoms with Crippen LogP contribution < -0.4 is 11.1 Å². The van der Waals surface area contributed by atoms with Gasteiger partial charge in [0.1, 0.15) is 0 Å². The van der Waals surface area contributed by atoms with E-state index in [9.17, 15) is 37.0 Å². The van der Waals surface area contributed by atoms with Crippen LogP contribution in [-0.4, -0.2) is 62.4 Å². The van der Waals surface area contributed by atoms with Gasteiger partial charge in [0.2, 0.25) is 0 Å². The van der Waals surface area contributed by atoms with Crippen molar-refractivity contribution in [2.45, 2.75) is 45.0 Å². The lowest BCUT2D eigenvalue weighted by molar-refractivity contribution is -0.192. The van der Waals surface area contributed by atoms with Crippen LogP contribution in [0.15, 0.2) is 24.4 Å². The van der Waals surface area contributed by atoms with Crippen molar-refractivity contribution in [2.75, 3.05) is 12.3 Å². The van der Waals surface area contributed by atoms with E-state index in [1.807, 2.05) is 0 Å². The molecule has 0 saturated heterocycles. The SMILES string of the molecule is Cc1ccc([C@](O)(CO)C(F)F)cc1-c1cnc(N)c(C(=O)NC(C)C)n1.O=C(O)C(F)(F)F. The van der Waals surface area contributed by atoms with Gasteiger partial charge in [-0.05, 0) is 38.0 Å². The summed E-state index contributed by atoms with van der Waals surface area (Å²) < 4.78 is 58.2. The van der Waals surface area contributed by atoms with Crippen LogP contribution in [0.1, 0.15) is 35.5 Å². The van der Waals surface area contributed by atoms with Crippen molar-refractivity contribution >= 4 is 17.7 Å². The summed E-state index contributed by atoms with van der Waals surface area (Å²) in [7, 11) is 0. The maximum atomic E-state index is 13.2. The monoisotopic (exact) mass is 494 g/mol. The molecule has 1 aromatic carbocycles. The first-order valence-electron chi connectivity index (χ1n) is 9.51. The summed E-state index contributed by atoms with van der Waals surface area (Å²) >= 11 is 0. The van der Waals surface area contributed by atoms with Crippen LogP contribution in [0.5, 0.6) is 0 Å². The number of aryl methyl sites for hydroxylation is 1. The Labute approximate surface area is 190 Å². The fourth-order valence-corrected chi connectivity index (χ4v) is 2.48. The summed E-state index contributed by atoms with van der Waals surface area (Å²) in [5.41, 5.74) is 4.03. The molecular weight excluding hydrogens is 471 g/mol. The van der Waals surface area contributed by atoms with Gasteiger partial charge in [0.15, 0.2) is 17.1 Å². The average Bonchev–Trinajstić information content (AvgIpc) is 2.73. The number of carboxylic acids is 1. The molecule has 0 aliphatic carbocycles. The van der Waals surface area contributed by atoms with Crippen LogP contribution in [0.3, 0.4) is 0 Å². The molecule has 0 saturated carbocycles. The van der Waals surface area contributed by atoms with Gasteiger partial charge in [0.25, 0.3) is 12.3 Å². The van der Waals surface area contributed by atoms with E-state index in [0.717, 1.165) is 0 Å². The van der Waals surface area contributed by atoms with E-state index >= 15 is 0 Å². The number of halogens is 5. The van der Waals surface area contributed by atoms with Crippen molar-refractivity contribution in [3.63, 3.8) is 0 Å². The van der Waals surface area contributed by atoms with Crippen LogP contribution in [0.4, 0.5) is 27.8 Å². The zero-order valence-corrected chi connectivity index (χ0v) is 18.2. The van der Waals surface area contributed by atoms with Gasteiger partial charge in [-0.2, -0.15) is 13.2 Å². The molecular formula is C20H23F5N4O5. The van der Waals surface area contributed by atoms with Gasteiger partial charge in [0, 0.05) is 11.6 Å². The predicted octanol–water partition coefficient (Wildman–Crippen LogP) is 2.25. The number of aliphatic hydroxyl groups is 2. The highest BCUT2D eigenvalue weighted by Gasteiger charge is 2.39. The molecule has 188 valence electrons. The standard InChI is InChI=1S/C18H22F2N4O3.C2HF3O2/c1-9(2)23-16(26)14-15(21)22-7-13(24-14)12-6-11(5-4-10(12)3)18(27,8-25)17(19)20;3-2(4,5)1(6)7/h4-7,9,17,25,27H,8H2,1-3H3,(H2,21,22)(H,23,26);(H,6,7)/t18-;/m1./s1. The molecule has 1 atom stereocenters. The van der Waals surface area contributed by atoms with Gasteiger partial charge in [-0.1, -0.05) is 12.1 Å². The highest BCUT2D eigenvalue weighted by Crippen LogP contribution is 2.32. The maximum absolute atomic E-state index is 13.2. The summed E-state index contributed by atoms with van der Waals surface area (Å²) in [4.78, 5) is 29.3. The maximum Gasteiger partial charge on any atom is 0.490 e. The van der Waals surface area contributed by atoms with E-state index in [0.29, 0.717) is 11.1 Å². The van der Waals surface area contributed by atoms with Gasteiger partial charge in [-0.15, -0.1) is 0 Å². The number of aromatic nitrogens is 2. The lowest BCUT2D eigenvalue weighted by Gasteiger charge is -2.26. The minimum Gasteiger partial charge on any atom is -0.475 e. The second-order valence-electron chi connectivity index (χ2n) is 7.33. The third kappa shape index (κ3) is 7.05. The number of amides is 1. The fourth-order valence-electron chi connectivity index (χ4n) is 2.48. The predicted molar refractivity (Wildman–Crippen MR) is 110 cm³/mol. The molecule has 0 radical (unpaired) electrons. The van der Waals surface area contributed by atoms with Crippen molar-refractivity contribution in [2.24, 2.45) is 0 Å². The van der Waals surface area contributed by atoms with Crippen LogP contribution in [0, 0.1) is 6.92 Å². The van der Waals surface area contributed by atoms with Crippen molar-refractivity contribution in [3.05, 3.63) is 41.2 Å². The third-order valence-corrected chi connectivity index (χ3v) is 4.29. The molecule has 0 unspecified atom stereocenters. The van der Waals surface area contributed by atoms with Gasteiger partial charge in [0.05, 0.1) is 18.5 Å². The number of nitrogens with one attached hydrogen (secondary N) is 1. The van der Waals surface area contributed by atoms with E-state index in [-0.39, 0.29) is 28.8 Å². The van der Waals surface area contributed by atoms with Gasteiger partial charge < -0.3 is 26.4 Å². The van der Waals surface area contributed by atoms with Gasteiger partial charge in [-0.25, -0.2) is 23.5 Å². The quantitative estimate of drug-likeness (QED) is 0.383. The minimum atomic E-state index is -5.08. The molecule has 1 heterocycles. The third-order valence-electron chi connectivity index (χ3n) is 4.29. The Morgan fingerprint density at radius 3 is 2.21 bits per heavy atom. The summed E-state index contributed by atoms with van der Waals surface area (Å²) in [6.45, 7) is 4.12. The zero-order chi connectivity index (χ0) is 26.4. The van der Waals surface area contributed by atoms with E-state index in [2.05, 4.69) is 15.3 Å². The number of carbonyl (C=O) groups excluding carboxylic acids is 1. The average molecular weight is 494 g/mol. The molecule has 14 heteroatoms. The first-order valence-corrected chi connectivity index (χ1v) is 9.51. The second-order valence-corrected chi connectivity index (χ2v) is 7.33. The summed E-state index contributed by atoms with van der Waals surface area (Å²) in [5, 5.41) is 29.1. The Morgan fingerprint density at radius 2 is 1.76 bits per heavy atom. The molecule has 0 bridgehead atoms. The number of aliphatic hydroxyl groups excluding tert-OH is 1. The topological polar surface area (TPSA) is 159 Å². The highest BCUT2D eigenvalue weighted by atomic mass is 19.4. The van der Waals surface area contributed by atoms with Crippen molar-refractivity contribution in [3.8, 4) is 11.3 Å². The molecule has 2 rings (SSSR count). The highest BCUT2D eigenvalue weighted by molar-refractivity contribution is 5.97. The van der Waals surface area contributed by atoms with Crippen molar-refractivity contribution < 1.29 is 46.9 Å². The number of carbonyl (C=O) groups is 2. The van der Waals surface area contributed by atoms with Crippen LogP contribution in [-0.2, 0) is 10.4 Å². The van der Waals surface area contributed by atoms with E-state index in [1.165, 1.54) is 24.4 Å². The number of benzene rings is 1. The molecule has 0 spiro atoms. The molecule has 1 amide bonds. The number of alkyl halides is 5. The molecule has 0 fully saturated rings. The smallest absolute Gasteiger partial charge is 0.475 e. The van der Waals surface area contributed by atoms with E-state index in [1.54, 1.807) is 20.8 Å². The lowest BCUT2D eigenvalue weighted by atomic mass is 9.91. The number of aliphatic carboxylic acids is 1. The van der Waals surface area contributed by atoms with Crippen LogP contribution >= 0.6 is 0 Å². The summed E-state index contributed by atoms with van der Waals surface area (Å²) in [5.74, 6) is -3.33. The number of carboxylic acid groups (broad SMARTS) is 1. The minimum absolute atomic E-state index is 0.0647. The Bertz CT molecular complexity index is 1030. The number of nitrogen functional groups attached to an aromatic ring is 1. The Morgan fingerprint density at radius 1 is 1.21 bits per heavy atom. The number of nitrogens with two attached hydrogens (primary N) is 1. The lowest BCUT2D eigenvalue weighted by Crippen LogP contribution is -2.38. The summed E-state index contributed by atoms with van der Waals surface area (Å²) in [6.07, 6.45) is -6.96. The Balaban J connectivity index is 0.000000718. The van der Waals surface area contributed by atoms with E-state index in [4.69, 9.17) is 15.6 Å². The molecule has 0 aliphatic rings. The molecule has 34 heavy (non-hydrogen) atoms. The molecule has 6 N–H and O–H groups in total. The Hall–Kier alpha value is -3.39. The van der Waals surface area contributed by atoms with Gasteiger partial charge >= 0.3 is 12.1 Å². The number of hydrogen-bond acceptors (Lipinski definition) is 7. The first kappa shape index (κ1) is 28.6. The molecule has 1 aromatic heterocycles. The number of rotatable bonds is 6. The fraction of sp³-hybridized carbons (Fsp3) is 0.400. The molecule has 9 nitrogen and oxygen atoms in total. The Kier molecular flexibility index (Phi) is 9.40. The molecule has 0 aliphatic heterocycles. The van der Waals surface area contributed by atoms with Crippen LogP contribution in [0.25, 0.3) is 11.3 Å². The number of hydrogen-bond donors (Lipinski definition) is 5. The first-order chi connectivity index (χ1) is 15.5. The van der Waals surface area contributed by atoms with Gasteiger partial charge in [-0.3, -0.25) is 4.79 Å². The number of nitrogens with zero attached hydrogens (tertiary/aromatic N) is 2. The van der Waals surface area contributed by atoms with Crippen molar-refractivity contribution in [1.82, 2.24) is 15.3 Å². The van der Waals surface area contributed by atoms with E-state index < -0.39 is 36.7 Å². The zero-order valence-electron chi connectivity index (χ0n) is 18.2. The summed E-state index contributed by atoms with van der Waals surface area (Å²) in [6, 6.07) is 3.97. The largest absolute Gasteiger partial charge is 0.490 e. The van der Waals surface area contributed by atoms with Crippen molar-refractivity contribution in [1.29, 1.82) is 0 Å². The van der Waals surface area contributed by atoms with Crippen LogP contribution in [0.2, 0.25) is 0 Å². The second kappa shape index (κ2) is 11.2. The molecule has 2 aromatic rings. The number of anilines is 1.